The molecule has 4 atom stereocenters. The van der Waals surface area contributed by atoms with Crippen LogP contribution < -0.4 is 0 Å². The normalized spacial score (nSPS) is 36.3. The maximum absolute atomic E-state index is 12.2. The largest absolute Gasteiger partial charge is 0.365 e. The van der Waals surface area contributed by atoms with Crippen molar-refractivity contribution in [2.75, 3.05) is 6.54 Å². The van der Waals surface area contributed by atoms with Gasteiger partial charge in [0.25, 0.3) is 0 Å². The van der Waals surface area contributed by atoms with Crippen LogP contribution in [0.2, 0.25) is 0 Å². The summed E-state index contributed by atoms with van der Waals surface area (Å²) < 4.78 is 5.57. The summed E-state index contributed by atoms with van der Waals surface area (Å²) in [5, 5.41) is 0. The molecule has 2 amide bonds. The number of imide groups is 1. The molecule has 3 aliphatic rings. The highest BCUT2D eigenvalue weighted by Gasteiger charge is 2.60. The number of unbranched alkanes of at least 4 members (excludes halogenated alkanes) is 2. The summed E-state index contributed by atoms with van der Waals surface area (Å²) in [7, 11) is 0. The fourth-order valence-corrected chi connectivity index (χ4v) is 3.08. The minimum atomic E-state index is -0.278. The first-order chi connectivity index (χ1) is 8.74. The lowest BCUT2D eigenvalue weighted by atomic mass is 9.85. The zero-order valence-electron chi connectivity index (χ0n) is 10.0. The van der Waals surface area contributed by atoms with Crippen LogP contribution in [-0.4, -0.2) is 35.5 Å². The lowest BCUT2D eigenvalue weighted by molar-refractivity contribution is -0.142. The molecule has 2 bridgehead atoms. The highest BCUT2D eigenvalue weighted by atomic mass is 16.5. The molecule has 0 aliphatic carbocycles. The molecule has 0 unspecified atom stereocenters. The number of ether oxygens (including phenoxy) is 1. The van der Waals surface area contributed by atoms with E-state index in [0.717, 1.165) is 12.8 Å². The Labute approximate surface area is 106 Å². The van der Waals surface area contributed by atoms with Gasteiger partial charge in [-0.05, 0) is 12.8 Å². The van der Waals surface area contributed by atoms with Crippen molar-refractivity contribution >= 4 is 11.8 Å². The summed E-state index contributed by atoms with van der Waals surface area (Å²) in [6.07, 6.45) is 10.9. The quantitative estimate of drug-likeness (QED) is 0.317. The lowest BCUT2D eigenvalue weighted by Gasteiger charge is -2.16. The number of hydrogen-bond acceptors (Lipinski definition) is 3. The standard InChI is InChI=1S/C14H15NO3/c1-2-3-4-5-8-15-13(16)11-9-6-7-10(18-9)12(11)14(15)17/h1,6-7,9-12H,3-5,8H2/t9-,10+,11-,12+. The van der Waals surface area contributed by atoms with Crippen molar-refractivity contribution in [3.63, 3.8) is 0 Å². The first kappa shape index (κ1) is 11.5. The molecule has 2 saturated heterocycles. The maximum Gasteiger partial charge on any atom is 0.236 e. The zero-order chi connectivity index (χ0) is 12.7. The first-order valence-electron chi connectivity index (χ1n) is 6.36. The van der Waals surface area contributed by atoms with E-state index in [1.165, 1.54) is 4.90 Å². The molecule has 3 rings (SSSR count). The van der Waals surface area contributed by atoms with Gasteiger partial charge >= 0.3 is 0 Å². The second kappa shape index (κ2) is 4.25. The van der Waals surface area contributed by atoms with Crippen LogP contribution in [0.4, 0.5) is 0 Å². The van der Waals surface area contributed by atoms with Gasteiger partial charge in [-0.3, -0.25) is 14.5 Å². The Bertz CT molecular complexity index is 432. The predicted octanol–water partition coefficient (Wildman–Crippen LogP) is 0.728. The molecule has 3 aliphatic heterocycles. The number of amides is 2. The van der Waals surface area contributed by atoms with E-state index in [4.69, 9.17) is 11.2 Å². The molecule has 2 fully saturated rings. The number of fused-ring (bicyclic) bond motifs is 5. The molecule has 0 N–H and O–H groups in total. The van der Waals surface area contributed by atoms with Gasteiger partial charge in [-0.2, -0.15) is 0 Å². The number of likely N-dealkylation sites (tertiary alicyclic amines) is 1. The van der Waals surface area contributed by atoms with E-state index < -0.39 is 0 Å². The van der Waals surface area contributed by atoms with Crippen LogP contribution in [-0.2, 0) is 14.3 Å². The van der Waals surface area contributed by atoms with Gasteiger partial charge in [0.2, 0.25) is 11.8 Å². The van der Waals surface area contributed by atoms with E-state index in [0.29, 0.717) is 13.0 Å². The Kier molecular flexibility index (Phi) is 2.71. The van der Waals surface area contributed by atoms with Crippen molar-refractivity contribution in [2.45, 2.75) is 31.5 Å². The van der Waals surface area contributed by atoms with Crippen LogP contribution >= 0.6 is 0 Å². The SMILES string of the molecule is C#CCCCCN1C(=O)[C@@H]2[C@H](C1=O)[C@H]1C=C[C@@H]2O1. The molecule has 4 heteroatoms. The molecule has 94 valence electrons. The van der Waals surface area contributed by atoms with Crippen molar-refractivity contribution < 1.29 is 14.3 Å². The second-order valence-corrected chi connectivity index (χ2v) is 4.99. The van der Waals surface area contributed by atoms with Crippen LogP contribution in [0.5, 0.6) is 0 Å². The average molecular weight is 245 g/mol. The minimum absolute atomic E-state index is 0.0671. The van der Waals surface area contributed by atoms with Crippen molar-refractivity contribution in [3.05, 3.63) is 12.2 Å². The van der Waals surface area contributed by atoms with Gasteiger partial charge in [0.1, 0.15) is 0 Å². The molecule has 0 aromatic rings. The van der Waals surface area contributed by atoms with Crippen LogP contribution in [0.1, 0.15) is 19.3 Å². The maximum atomic E-state index is 12.2. The van der Waals surface area contributed by atoms with E-state index in [1.807, 2.05) is 12.2 Å². The summed E-state index contributed by atoms with van der Waals surface area (Å²) in [5.41, 5.74) is 0. The summed E-state index contributed by atoms with van der Waals surface area (Å²) in [5.74, 6) is 1.87. The van der Waals surface area contributed by atoms with Crippen LogP contribution in [0.15, 0.2) is 12.2 Å². The number of carbonyl (C=O) groups excluding carboxylic acids is 2. The fraction of sp³-hybridized carbons (Fsp3) is 0.571. The van der Waals surface area contributed by atoms with Gasteiger partial charge in [-0.25, -0.2) is 0 Å². The van der Waals surface area contributed by atoms with E-state index >= 15 is 0 Å². The molecule has 3 heterocycles. The smallest absolute Gasteiger partial charge is 0.236 e. The molecular formula is C14H15NO3. The van der Waals surface area contributed by atoms with Crippen molar-refractivity contribution in [3.8, 4) is 12.3 Å². The molecular weight excluding hydrogens is 230 g/mol. The molecule has 0 radical (unpaired) electrons. The molecule has 0 aromatic carbocycles. The Morgan fingerprint density at radius 3 is 2.33 bits per heavy atom. The Morgan fingerprint density at radius 1 is 1.17 bits per heavy atom. The Morgan fingerprint density at radius 2 is 1.78 bits per heavy atom. The third kappa shape index (κ3) is 1.51. The topological polar surface area (TPSA) is 46.6 Å². The van der Waals surface area contributed by atoms with Gasteiger partial charge in [-0.1, -0.05) is 12.2 Å². The van der Waals surface area contributed by atoms with E-state index in [-0.39, 0.29) is 35.9 Å². The summed E-state index contributed by atoms with van der Waals surface area (Å²) in [4.78, 5) is 25.8. The average Bonchev–Trinajstić information content (AvgIpc) is 3.02. The van der Waals surface area contributed by atoms with Gasteiger partial charge in [0, 0.05) is 13.0 Å². The molecule has 4 nitrogen and oxygen atoms in total. The highest BCUT2D eigenvalue weighted by molar-refractivity contribution is 6.06. The van der Waals surface area contributed by atoms with E-state index in [9.17, 15) is 9.59 Å². The monoisotopic (exact) mass is 245 g/mol. The van der Waals surface area contributed by atoms with Crippen LogP contribution in [0.3, 0.4) is 0 Å². The van der Waals surface area contributed by atoms with Gasteiger partial charge in [0.15, 0.2) is 0 Å². The summed E-state index contributed by atoms with van der Waals surface area (Å²) in [6.45, 7) is 0.492. The first-order valence-corrected chi connectivity index (χ1v) is 6.36. The number of terminal acetylenes is 1. The lowest BCUT2D eigenvalue weighted by Crippen LogP contribution is -2.35. The Balaban J connectivity index is 1.67. The third-order valence-corrected chi connectivity index (χ3v) is 3.95. The van der Waals surface area contributed by atoms with Gasteiger partial charge in [0.05, 0.1) is 24.0 Å². The molecule has 0 saturated carbocycles. The fourth-order valence-electron chi connectivity index (χ4n) is 3.08. The zero-order valence-corrected chi connectivity index (χ0v) is 10.0. The van der Waals surface area contributed by atoms with Gasteiger partial charge < -0.3 is 4.74 Å². The van der Waals surface area contributed by atoms with Crippen LogP contribution in [0, 0.1) is 24.2 Å². The van der Waals surface area contributed by atoms with Crippen molar-refractivity contribution in [1.29, 1.82) is 0 Å². The number of nitrogens with zero attached hydrogens (tertiary/aromatic N) is 1. The van der Waals surface area contributed by atoms with E-state index in [1.54, 1.807) is 0 Å². The number of carbonyl (C=O) groups is 2. The minimum Gasteiger partial charge on any atom is -0.365 e. The molecule has 0 aromatic heterocycles. The predicted molar refractivity (Wildman–Crippen MR) is 64.2 cm³/mol. The van der Waals surface area contributed by atoms with Gasteiger partial charge in [-0.15, -0.1) is 12.3 Å². The third-order valence-electron chi connectivity index (χ3n) is 3.95. The van der Waals surface area contributed by atoms with E-state index in [2.05, 4.69) is 5.92 Å². The van der Waals surface area contributed by atoms with Crippen LogP contribution in [0.25, 0.3) is 0 Å². The molecule has 0 spiro atoms. The number of hydrogen-bond donors (Lipinski definition) is 0. The van der Waals surface area contributed by atoms with Crippen molar-refractivity contribution in [2.24, 2.45) is 11.8 Å². The molecule has 18 heavy (non-hydrogen) atoms. The second-order valence-electron chi connectivity index (χ2n) is 4.99. The highest BCUT2D eigenvalue weighted by Crippen LogP contribution is 2.44. The summed E-state index contributed by atoms with van der Waals surface area (Å²) >= 11 is 0. The summed E-state index contributed by atoms with van der Waals surface area (Å²) in [6, 6.07) is 0. The number of rotatable bonds is 4. The Hall–Kier alpha value is -1.60. The van der Waals surface area contributed by atoms with Crippen molar-refractivity contribution in [1.82, 2.24) is 4.90 Å².